The number of hydrogen-bond acceptors (Lipinski definition) is 5. The minimum atomic E-state index is -0.262. The van der Waals surface area contributed by atoms with Crippen LogP contribution in [0.2, 0.25) is 0 Å². The molecule has 3 rings (SSSR count). The van der Waals surface area contributed by atoms with Crippen molar-refractivity contribution < 1.29 is 4.74 Å². The van der Waals surface area contributed by atoms with Crippen molar-refractivity contribution in [3.63, 3.8) is 0 Å². The zero-order valence-corrected chi connectivity index (χ0v) is 17.5. The van der Waals surface area contributed by atoms with E-state index in [1.54, 1.807) is 10.9 Å². The van der Waals surface area contributed by atoms with Gasteiger partial charge in [-0.05, 0) is 43.9 Å². The monoisotopic (exact) mass is 383 g/mol. The largest absolute Gasteiger partial charge is 0.492 e. The number of fused-ring (bicyclic) bond motifs is 1. The van der Waals surface area contributed by atoms with Crippen LogP contribution < -0.4 is 15.6 Å². The van der Waals surface area contributed by atoms with E-state index in [1.807, 2.05) is 32.9 Å². The van der Waals surface area contributed by atoms with Gasteiger partial charge in [-0.25, -0.2) is 4.68 Å². The lowest BCUT2D eigenvalue weighted by Gasteiger charge is -2.20. The highest BCUT2D eigenvalue weighted by Crippen LogP contribution is 2.24. The molecule has 3 aromatic rings. The third-order valence-corrected chi connectivity index (χ3v) is 4.46. The fourth-order valence-electron chi connectivity index (χ4n) is 2.88. The quantitative estimate of drug-likeness (QED) is 0.657. The van der Waals surface area contributed by atoms with E-state index in [1.165, 1.54) is 5.56 Å². The van der Waals surface area contributed by atoms with Crippen LogP contribution in [0.5, 0.6) is 5.75 Å². The predicted octanol–water partition coefficient (Wildman–Crippen LogP) is 3.66. The fraction of sp³-hybridized carbons (Fsp3) is 0.476. The summed E-state index contributed by atoms with van der Waals surface area (Å²) in [5.41, 5.74) is 1.49. The van der Waals surface area contributed by atoms with Crippen LogP contribution in [0.15, 0.2) is 35.3 Å². The smallest absolute Gasteiger partial charge is 0.263 e. The van der Waals surface area contributed by atoms with Crippen LogP contribution in [0.4, 0.5) is 5.95 Å². The minimum absolute atomic E-state index is 0.121. The van der Waals surface area contributed by atoms with Crippen molar-refractivity contribution in [3.8, 4) is 5.75 Å². The fourth-order valence-corrected chi connectivity index (χ4v) is 2.88. The molecule has 0 amide bonds. The topological polar surface area (TPSA) is 84.8 Å². The predicted molar refractivity (Wildman–Crippen MR) is 112 cm³/mol. The SMILES string of the molecule is CC(C)(C)c1ccc(OCCNc2nc3c(cnn3C(C)(C)C)c(=O)[nH]2)cc1. The van der Waals surface area contributed by atoms with E-state index in [4.69, 9.17) is 4.74 Å². The van der Waals surface area contributed by atoms with E-state index >= 15 is 0 Å². The number of nitrogens with one attached hydrogen (secondary N) is 2. The molecule has 28 heavy (non-hydrogen) atoms. The number of H-pyrrole nitrogens is 1. The van der Waals surface area contributed by atoms with Gasteiger partial charge in [0.15, 0.2) is 5.65 Å². The number of rotatable bonds is 5. The van der Waals surface area contributed by atoms with E-state index in [2.05, 4.69) is 53.3 Å². The van der Waals surface area contributed by atoms with Gasteiger partial charge in [-0.15, -0.1) is 0 Å². The average molecular weight is 383 g/mol. The van der Waals surface area contributed by atoms with Crippen LogP contribution >= 0.6 is 0 Å². The van der Waals surface area contributed by atoms with Crippen LogP contribution in [-0.2, 0) is 11.0 Å². The molecule has 150 valence electrons. The van der Waals surface area contributed by atoms with Gasteiger partial charge >= 0.3 is 0 Å². The molecule has 2 heterocycles. The molecule has 0 saturated heterocycles. The molecule has 7 heteroatoms. The van der Waals surface area contributed by atoms with Crippen molar-refractivity contribution in [2.45, 2.75) is 52.5 Å². The van der Waals surface area contributed by atoms with Gasteiger partial charge in [0.25, 0.3) is 5.56 Å². The van der Waals surface area contributed by atoms with Crippen LogP contribution in [0.25, 0.3) is 11.0 Å². The summed E-state index contributed by atoms with van der Waals surface area (Å²) >= 11 is 0. The van der Waals surface area contributed by atoms with E-state index in [0.717, 1.165) is 5.75 Å². The summed E-state index contributed by atoms with van der Waals surface area (Å²) in [6.07, 6.45) is 1.56. The Morgan fingerprint density at radius 2 is 1.79 bits per heavy atom. The molecule has 0 spiro atoms. The Morgan fingerprint density at radius 3 is 2.39 bits per heavy atom. The molecule has 0 bridgehead atoms. The van der Waals surface area contributed by atoms with Crippen LogP contribution in [0.3, 0.4) is 0 Å². The van der Waals surface area contributed by atoms with Gasteiger partial charge in [0.1, 0.15) is 17.7 Å². The Hall–Kier alpha value is -2.83. The molecule has 0 aliphatic heterocycles. The van der Waals surface area contributed by atoms with Gasteiger partial charge in [-0.2, -0.15) is 10.1 Å². The average Bonchev–Trinajstić information content (AvgIpc) is 3.03. The maximum absolute atomic E-state index is 12.3. The van der Waals surface area contributed by atoms with Crippen molar-refractivity contribution in [1.82, 2.24) is 19.7 Å². The maximum Gasteiger partial charge on any atom is 0.263 e. The highest BCUT2D eigenvalue weighted by Gasteiger charge is 2.19. The summed E-state index contributed by atoms with van der Waals surface area (Å²) in [6.45, 7) is 13.6. The number of ether oxygens (including phenoxy) is 1. The molecular weight excluding hydrogens is 354 g/mol. The first kappa shape index (κ1) is 19.9. The van der Waals surface area contributed by atoms with Crippen molar-refractivity contribution in [1.29, 1.82) is 0 Å². The second-order valence-electron chi connectivity index (χ2n) is 8.93. The van der Waals surface area contributed by atoms with Crippen LogP contribution in [0, 0.1) is 0 Å². The standard InChI is InChI=1S/C21H29N5O2/c1-20(2,3)14-7-9-15(10-8-14)28-12-11-22-19-24-17-16(18(27)25-19)13-23-26(17)21(4,5)6/h7-10,13H,11-12H2,1-6H3,(H2,22,24,25,27). The lowest BCUT2D eigenvalue weighted by Crippen LogP contribution is -2.24. The Bertz CT molecular complexity index is 1000. The molecule has 2 N–H and O–H groups in total. The van der Waals surface area contributed by atoms with Gasteiger partial charge in [-0.3, -0.25) is 9.78 Å². The van der Waals surface area contributed by atoms with Crippen molar-refractivity contribution in [2.75, 3.05) is 18.5 Å². The van der Waals surface area contributed by atoms with E-state index in [0.29, 0.717) is 30.1 Å². The third kappa shape index (κ3) is 4.35. The summed E-state index contributed by atoms with van der Waals surface area (Å²) in [5.74, 6) is 1.23. The molecule has 0 aliphatic carbocycles. The molecule has 2 aromatic heterocycles. The first-order valence-electron chi connectivity index (χ1n) is 9.51. The van der Waals surface area contributed by atoms with Gasteiger partial charge < -0.3 is 10.1 Å². The highest BCUT2D eigenvalue weighted by molar-refractivity contribution is 5.74. The molecule has 1 aromatic carbocycles. The molecule has 0 radical (unpaired) electrons. The number of hydrogen-bond donors (Lipinski definition) is 2. The second-order valence-corrected chi connectivity index (χ2v) is 8.93. The summed E-state index contributed by atoms with van der Waals surface area (Å²) < 4.78 is 7.54. The second kappa shape index (κ2) is 7.30. The summed E-state index contributed by atoms with van der Waals surface area (Å²) in [5, 5.41) is 7.91. The Labute approximate surface area is 165 Å². The van der Waals surface area contributed by atoms with Crippen LogP contribution in [-0.4, -0.2) is 32.9 Å². The molecule has 7 nitrogen and oxygen atoms in total. The van der Waals surface area contributed by atoms with E-state index in [-0.39, 0.29) is 16.5 Å². The van der Waals surface area contributed by atoms with E-state index < -0.39 is 0 Å². The molecular formula is C21H29N5O2. The summed E-state index contributed by atoms with van der Waals surface area (Å²) in [4.78, 5) is 19.6. The molecule has 0 fully saturated rings. The lowest BCUT2D eigenvalue weighted by molar-refractivity contribution is 0.332. The molecule has 0 unspecified atom stereocenters. The summed E-state index contributed by atoms with van der Waals surface area (Å²) in [7, 11) is 0. The van der Waals surface area contributed by atoms with Crippen LogP contribution in [0.1, 0.15) is 47.1 Å². The number of aromatic amines is 1. The van der Waals surface area contributed by atoms with Gasteiger partial charge in [0.05, 0.1) is 18.3 Å². The molecule has 0 atom stereocenters. The highest BCUT2D eigenvalue weighted by atomic mass is 16.5. The molecule has 0 aliphatic rings. The first-order chi connectivity index (χ1) is 13.1. The minimum Gasteiger partial charge on any atom is -0.492 e. The third-order valence-electron chi connectivity index (χ3n) is 4.46. The van der Waals surface area contributed by atoms with Gasteiger partial charge in [-0.1, -0.05) is 32.9 Å². The van der Waals surface area contributed by atoms with Gasteiger partial charge in [0, 0.05) is 0 Å². The first-order valence-corrected chi connectivity index (χ1v) is 9.51. The number of anilines is 1. The summed E-state index contributed by atoms with van der Waals surface area (Å²) in [6, 6.07) is 8.13. The Morgan fingerprint density at radius 1 is 1.11 bits per heavy atom. The normalized spacial score (nSPS) is 12.4. The number of aromatic nitrogens is 4. The zero-order chi connectivity index (χ0) is 20.5. The van der Waals surface area contributed by atoms with E-state index in [9.17, 15) is 4.79 Å². The van der Waals surface area contributed by atoms with Crippen molar-refractivity contribution >= 4 is 17.0 Å². The van der Waals surface area contributed by atoms with Crippen molar-refractivity contribution in [3.05, 3.63) is 46.4 Å². The lowest BCUT2D eigenvalue weighted by atomic mass is 9.87. The maximum atomic E-state index is 12.3. The Balaban J connectivity index is 1.63. The number of benzene rings is 1. The van der Waals surface area contributed by atoms with Gasteiger partial charge in [0.2, 0.25) is 5.95 Å². The number of nitrogens with zero attached hydrogens (tertiary/aromatic N) is 3. The molecule has 0 saturated carbocycles. The zero-order valence-electron chi connectivity index (χ0n) is 17.5. The van der Waals surface area contributed by atoms with Crippen molar-refractivity contribution in [2.24, 2.45) is 0 Å². The Kier molecular flexibility index (Phi) is 5.19.